The molecule has 0 saturated carbocycles. The second-order valence-corrected chi connectivity index (χ2v) is 10.2. The molecule has 0 aliphatic carbocycles. The largest absolute Gasteiger partial charge is 0.394 e. The molecule has 3 unspecified atom stereocenters. The number of nitrogens with one attached hydrogen (secondary N) is 1. The maximum absolute atomic E-state index is 12.3. The van der Waals surface area contributed by atoms with Crippen molar-refractivity contribution in [2.24, 2.45) is 5.92 Å². The lowest BCUT2D eigenvalue weighted by Gasteiger charge is -2.22. The van der Waals surface area contributed by atoms with Crippen LogP contribution in [-0.2, 0) is 9.47 Å². The lowest BCUT2D eigenvalue weighted by Crippen LogP contribution is -2.36. The molecule has 2 rings (SSSR count). The van der Waals surface area contributed by atoms with Crippen molar-refractivity contribution < 1.29 is 29.6 Å². The Morgan fingerprint density at radius 2 is 2.06 bits per heavy atom. The molecule has 1 aliphatic heterocycles. The van der Waals surface area contributed by atoms with Crippen LogP contribution in [0.2, 0.25) is 0 Å². The molecule has 3 atom stereocenters. The van der Waals surface area contributed by atoms with Crippen molar-refractivity contribution in [3.8, 4) is 0 Å². The fourth-order valence-electron chi connectivity index (χ4n) is 3.37. The summed E-state index contributed by atoms with van der Waals surface area (Å²) >= 11 is 5.52. The first kappa shape index (κ1) is 32.3. The van der Waals surface area contributed by atoms with E-state index in [9.17, 15) is 14.7 Å². The predicted molar refractivity (Wildman–Crippen MR) is 138 cm³/mol. The highest BCUT2D eigenvalue weighted by molar-refractivity contribution is 6.17. The van der Waals surface area contributed by atoms with E-state index in [0.717, 1.165) is 16.4 Å². The minimum absolute atomic E-state index is 0.0263. The molecule has 0 radical (unpaired) electrons. The molecular formula is C24H43ClN4O7. The Bertz CT molecular complexity index is 850. The summed E-state index contributed by atoms with van der Waals surface area (Å²) < 4.78 is 11.9. The summed E-state index contributed by atoms with van der Waals surface area (Å²) in [5.74, 6) is 0.900. The Morgan fingerprint density at radius 1 is 1.36 bits per heavy atom. The third kappa shape index (κ3) is 11.1. The van der Waals surface area contributed by atoms with Crippen molar-refractivity contribution in [2.45, 2.75) is 83.8 Å². The monoisotopic (exact) mass is 534 g/mol. The van der Waals surface area contributed by atoms with Crippen LogP contribution in [0.3, 0.4) is 0 Å². The maximum atomic E-state index is 12.3. The predicted octanol–water partition coefficient (Wildman–Crippen LogP) is 1.43. The van der Waals surface area contributed by atoms with E-state index in [1.54, 1.807) is 13.8 Å². The van der Waals surface area contributed by atoms with Gasteiger partial charge in [0.2, 0.25) is 0 Å². The lowest BCUT2D eigenvalue weighted by atomic mass is 10.1. The van der Waals surface area contributed by atoms with Crippen LogP contribution in [0.15, 0.2) is 11.0 Å². The van der Waals surface area contributed by atoms with Gasteiger partial charge in [0.25, 0.3) is 5.91 Å². The number of hydrogen-bond acceptors (Lipinski definition) is 9. The fraction of sp³-hybridized carbons (Fsp3) is 0.792. The second-order valence-electron chi connectivity index (χ2n) is 9.80. The van der Waals surface area contributed by atoms with Crippen LogP contribution in [0, 0.1) is 5.92 Å². The molecule has 1 amide bonds. The average molecular weight is 535 g/mol. The minimum Gasteiger partial charge on any atom is -0.394 e. The van der Waals surface area contributed by atoms with Crippen LogP contribution >= 0.6 is 11.6 Å². The zero-order valence-electron chi connectivity index (χ0n) is 21.8. The summed E-state index contributed by atoms with van der Waals surface area (Å²) in [6.07, 6.45) is 3.88. The molecule has 208 valence electrons. The number of unbranched alkanes of at least 4 members (excludes halogenated alkanes) is 2. The summed E-state index contributed by atoms with van der Waals surface area (Å²) in [7, 11) is 0. The van der Waals surface area contributed by atoms with E-state index < -0.39 is 42.2 Å². The number of aromatic nitrogens is 2. The van der Waals surface area contributed by atoms with Crippen molar-refractivity contribution in [3.05, 3.63) is 22.2 Å². The summed E-state index contributed by atoms with van der Waals surface area (Å²) in [6, 6.07) is 0. The first-order chi connectivity index (χ1) is 16.9. The number of ether oxygens (including phenoxy) is 2. The third-order valence-electron chi connectivity index (χ3n) is 5.60. The molecule has 36 heavy (non-hydrogen) atoms. The number of aliphatic hydroxyl groups excluding tert-OH is 3. The number of nitrogen functional groups attached to an aromatic ring is 1. The number of carbonyl (C=O) groups excluding carboxylic acids is 1. The molecule has 1 fully saturated rings. The Balaban J connectivity index is 0.000000613. The SMILES string of the molecule is CC(C)(CO)OCCNC(=O)c1cn(C2CC(O)C(CO)O2)c(=O)nc1N.CC(C)CCCCCCl. The lowest BCUT2D eigenvalue weighted by molar-refractivity contribution is -0.0514. The van der Waals surface area contributed by atoms with E-state index >= 15 is 0 Å². The Hall–Kier alpha value is -1.76. The molecule has 11 nitrogen and oxygen atoms in total. The summed E-state index contributed by atoms with van der Waals surface area (Å²) in [5.41, 5.74) is 4.21. The molecular weight excluding hydrogens is 492 g/mol. The van der Waals surface area contributed by atoms with Crippen LogP contribution in [-0.4, -0.2) is 80.8 Å². The van der Waals surface area contributed by atoms with Gasteiger partial charge < -0.3 is 35.8 Å². The van der Waals surface area contributed by atoms with Gasteiger partial charge in [-0.15, -0.1) is 11.6 Å². The Labute approximate surface area is 218 Å². The van der Waals surface area contributed by atoms with E-state index in [2.05, 4.69) is 24.1 Å². The third-order valence-corrected chi connectivity index (χ3v) is 5.86. The Kier molecular flexibility index (Phi) is 14.5. The summed E-state index contributed by atoms with van der Waals surface area (Å²) in [6.45, 7) is 7.72. The van der Waals surface area contributed by atoms with Gasteiger partial charge in [0.05, 0.1) is 37.1 Å². The van der Waals surface area contributed by atoms with Gasteiger partial charge >= 0.3 is 5.69 Å². The molecule has 1 aromatic rings. The molecule has 6 N–H and O–H groups in total. The normalized spacial score (nSPS) is 19.8. The highest BCUT2D eigenvalue weighted by Crippen LogP contribution is 2.27. The number of carbonyl (C=O) groups is 1. The molecule has 0 spiro atoms. The smallest absolute Gasteiger partial charge is 0.351 e. The quantitative estimate of drug-likeness (QED) is 0.185. The number of alkyl halides is 1. The molecule has 2 heterocycles. The number of anilines is 1. The van der Waals surface area contributed by atoms with Gasteiger partial charge in [-0.2, -0.15) is 4.98 Å². The van der Waals surface area contributed by atoms with Gasteiger partial charge in [-0.3, -0.25) is 9.36 Å². The van der Waals surface area contributed by atoms with E-state index in [-0.39, 0.29) is 37.6 Å². The number of nitrogens with two attached hydrogens (primary N) is 1. The second kappa shape index (κ2) is 16.2. The zero-order chi connectivity index (χ0) is 27.3. The summed E-state index contributed by atoms with van der Waals surface area (Å²) in [4.78, 5) is 28.1. The Morgan fingerprint density at radius 3 is 2.61 bits per heavy atom. The van der Waals surface area contributed by atoms with E-state index in [0.29, 0.717) is 0 Å². The van der Waals surface area contributed by atoms with Crippen LogP contribution < -0.4 is 16.7 Å². The van der Waals surface area contributed by atoms with Gasteiger partial charge in [-0.1, -0.05) is 33.1 Å². The summed E-state index contributed by atoms with van der Waals surface area (Å²) in [5, 5.41) is 30.7. The topological polar surface area (TPSA) is 169 Å². The van der Waals surface area contributed by atoms with Gasteiger partial charge in [-0.05, 0) is 26.2 Å². The standard InChI is InChI=1S/C16H26N4O7.C8H17Cl/c1-16(2,8-22)26-4-3-18-14(24)9-6-20(15(25)19-13(9)17)12-5-10(23)11(7-21)27-12;1-8(2)6-4-3-5-7-9/h6,10-12,21-23H,3-5,7-8H2,1-2H3,(H,18,24)(H2,17,19,25);8H,3-7H2,1-2H3. The number of nitrogens with zero attached hydrogens (tertiary/aromatic N) is 2. The van der Waals surface area contributed by atoms with Crippen molar-refractivity contribution in [1.82, 2.24) is 14.9 Å². The van der Waals surface area contributed by atoms with Crippen molar-refractivity contribution in [3.63, 3.8) is 0 Å². The van der Waals surface area contributed by atoms with Crippen molar-refractivity contribution in [1.29, 1.82) is 0 Å². The van der Waals surface area contributed by atoms with Gasteiger partial charge in [0.1, 0.15) is 18.1 Å². The van der Waals surface area contributed by atoms with Crippen LogP contribution in [0.1, 0.15) is 76.4 Å². The molecule has 1 aliphatic rings. The van der Waals surface area contributed by atoms with Crippen LogP contribution in [0.4, 0.5) is 5.82 Å². The van der Waals surface area contributed by atoms with Gasteiger partial charge in [0, 0.05) is 25.0 Å². The first-order valence-electron chi connectivity index (χ1n) is 12.4. The maximum Gasteiger partial charge on any atom is 0.351 e. The zero-order valence-corrected chi connectivity index (χ0v) is 22.5. The molecule has 1 saturated heterocycles. The molecule has 12 heteroatoms. The highest BCUT2D eigenvalue weighted by Gasteiger charge is 2.35. The van der Waals surface area contributed by atoms with Crippen molar-refractivity contribution in [2.75, 3.05) is 38.0 Å². The van der Waals surface area contributed by atoms with Gasteiger partial charge in [0.15, 0.2) is 0 Å². The number of aliphatic hydroxyl groups is 3. The number of amides is 1. The number of rotatable bonds is 13. The number of hydrogen-bond donors (Lipinski definition) is 5. The minimum atomic E-state index is -0.936. The number of halogens is 1. The van der Waals surface area contributed by atoms with E-state index in [1.165, 1.54) is 31.9 Å². The molecule has 0 aromatic carbocycles. The van der Waals surface area contributed by atoms with Crippen LogP contribution in [0.5, 0.6) is 0 Å². The van der Waals surface area contributed by atoms with Crippen molar-refractivity contribution >= 4 is 23.3 Å². The average Bonchev–Trinajstić information content (AvgIpc) is 3.20. The molecule has 0 bridgehead atoms. The first-order valence-corrected chi connectivity index (χ1v) is 12.9. The fourth-order valence-corrected chi connectivity index (χ4v) is 3.56. The van der Waals surface area contributed by atoms with E-state index in [1.807, 2.05) is 0 Å². The molecule has 1 aromatic heterocycles. The van der Waals surface area contributed by atoms with Crippen LogP contribution in [0.25, 0.3) is 0 Å². The van der Waals surface area contributed by atoms with Gasteiger partial charge in [-0.25, -0.2) is 4.79 Å². The van der Waals surface area contributed by atoms with E-state index in [4.69, 9.17) is 37.0 Å². The highest BCUT2D eigenvalue weighted by atomic mass is 35.5.